The zero-order chi connectivity index (χ0) is 29.5. The maximum atomic E-state index is 13.2. The minimum Gasteiger partial charge on any atom is -0.496 e. The van der Waals surface area contributed by atoms with Gasteiger partial charge in [-0.25, -0.2) is 4.68 Å². The number of ether oxygens (including phenoxy) is 1. The molecule has 2 aliphatic heterocycles. The summed E-state index contributed by atoms with van der Waals surface area (Å²) in [4.78, 5) is 29.7. The standard InChI is InChI=1S/C25H27ClN4O3.3C2H6/c1-4-7-20(22(5-2)28-12-6-13-28)25(32)29-15-18(16-29)30-24(31)11-10-21(27-30)19-9-8-17(26)14-23(19)33-3;3*1-2/h4-5,7-11,14,18H,2,6,12-13,15-16H2,1,3H3;3*1-2H3/b7-4-,22-20-;;;. The summed E-state index contributed by atoms with van der Waals surface area (Å²) >= 11 is 6.07. The minimum atomic E-state index is -0.208. The SMILES string of the molecule is C=C/C(=C(\C=C/C)C(=O)N1CC(n2nc(-c3ccc(Cl)cc3OC)ccc2=O)C1)N1CCC1.CC.CC.CC. The van der Waals surface area contributed by atoms with Gasteiger partial charge in [-0.15, -0.1) is 0 Å². The van der Waals surface area contributed by atoms with Crippen LogP contribution in [0, 0.1) is 0 Å². The van der Waals surface area contributed by atoms with Crippen LogP contribution in [-0.2, 0) is 4.79 Å². The monoisotopic (exact) mass is 556 g/mol. The fourth-order valence-electron chi connectivity index (χ4n) is 4.05. The van der Waals surface area contributed by atoms with Gasteiger partial charge in [0, 0.05) is 48.5 Å². The molecule has 8 heteroatoms. The van der Waals surface area contributed by atoms with Crippen molar-refractivity contribution in [2.45, 2.75) is 60.9 Å². The fraction of sp³-hybridized carbons (Fsp3) is 0.452. The first-order valence-corrected chi connectivity index (χ1v) is 14.3. The van der Waals surface area contributed by atoms with E-state index >= 15 is 0 Å². The van der Waals surface area contributed by atoms with Crippen LogP contribution >= 0.6 is 11.6 Å². The van der Waals surface area contributed by atoms with Gasteiger partial charge in [0.25, 0.3) is 11.5 Å². The van der Waals surface area contributed by atoms with Gasteiger partial charge >= 0.3 is 0 Å². The largest absolute Gasteiger partial charge is 0.496 e. The lowest BCUT2D eigenvalue weighted by molar-refractivity contribution is -0.132. The van der Waals surface area contributed by atoms with Gasteiger partial charge in [0.05, 0.1) is 24.4 Å². The van der Waals surface area contributed by atoms with Gasteiger partial charge in [-0.3, -0.25) is 9.59 Å². The van der Waals surface area contributed by atoms with E-state index < -0.39 is 0 Å². The van der Waals surface area contributed by atoms with E-state index in [2.05, 4.69) is 16.6 Å². The predicted molar refractivity (Wildman–Crippen MR) is 163 cm³/mol. The number of nitrogens with zero attached hydrogens (tertiary/aromatic N) is 4. The van der Waals surface area contributed by atoms with E-state index in [4.69, 9.17) is 16.3 Å². The molecule has 1 aromatic heterocycles. The Labute approximate surface area is 239 Å². The summed E-state index contributed by atoms with van der Waals surface area (Å²) in [6.07, 6.45) is 6.56. The van der Waals surface area contributed by atoms with Crippen molar-refractivity contribution >= 4 is 17.5 Å². The van der Waals surface area contributed by atoms with Crippen LogP contribution in [0.25, 0.3) is 11.3 Å². The molecule has 1 amide bonds. The van der Waals surface area contributed by atoms with Crippen molar-refractivity contribution in [3.05, 3.63) is 81.8 Å². The molecule has 2 saturated heterocycles. The first-order valence-electron chi connectivity index (χ1n) is 13.9. The van der Waals surface area contributed by atoms with Crippen molar-refractivity contribution in [1.82, 2.24) is 19.6 Å². The van der Waals surface area contributed by atoms with Gasteiger partial charge in [-0.05, 0) is 43.7 Å². The lowest BCUT2D eigenvalue weighted by Gasteiger charge is -2.41. The number of hydrogen-bond donors (Lipinski definition) is 0. The normalized spacial score (nSPS) is 14.7. The van der Waals surface area contributed by atoms with Crippen molar-refractivity contribution in [1.29, 1.82) is 0 Å². The summed E-state index contributed by atoms with van der Waals surface area (Å²) in [5.41, 5.74) is 2.63. The predicted octanol–water partition coefficient (Wildman–Crippen LogP) is 6.76. The van der Waals surface area contributed by atoms with Crippen LogP contribution in [0.5, 0.6) is 5.75 Å². The molecule has 3 heterocycles. The maximum absolute atomic E-state index is 13.2. The van der Waals surface area contributed by atoms with E-state index in [1.165, 1.54) is 10.7 Å². The molecule has 4 rings (SSSR count). The third-order valence-corrected chi connectivity index (χ3v) is 6.22. The molecular formula is C31H45ClN4O3. The van der Waals surface area contributed by atoms with Crippen LogP contribution in [0.15, 0.2) is 71.2 Å². The Kier molecular flexibility index (Phi) is 15.0. The zero-order valence-corrected chi connectivity index (χ0v) is 25.6. The second-order valence-electron chi connectivity index (χ2n) is 8.05. The van der Waals surface area contributed by atoms with Crippen LogP contribution in [0.1, 0.15) is 60.9 Å². The van der Waals surface area contributed by atoms with Crippen molar-refractivity contribution in [3.8, 4) is 17.0 Å². The Morgan fingerprint density at radius 3 is 2.21 bits per heavy atom. The lowest BCUT2D eigenvalue weighted by atomic mass is 10.0. The molecule has 0 N–H and O–H groups in total. The topological polar surface area (TPSA) is 67.7 Å². The molecule has 1 aromatic carbocycles. The van der Waals surface area contributed by atoms with Crippen LogP contribution in [0.3, 0.4) is 0 Å². The second-order valence-corrected chi connectivity index (χ2v) is 8.49. The third-order valence-electron chi connectivity index (χ3n) is 5.99. The molecule has 0 atom stereocenters. The summed E-state index contributed by atoms with van der Waals surface area (Å²) in [5, 5.41) is 5.13. The summed E-state index contributed by atoms with van der Waals surface area (Å²) in [6.45, 7) is 20.5. The number of aromatic nitrogens is 2. The van der Waals surface area contributed by atoms with Gasteiger partial charge in [0.1, 0.15) is 5.75 Å². The number of carbonyl (C=O) groups is 1. The lowest BCUT2D eigenvalue weighted by Crippen LogP contribution is -2.54. The van der Waals surface area contributed by atoms with Gasteiger partial charge in [-0.1, -0.05) is 71.9 Å². The van der Waals surface area contributed by atoms with E-state index in [1.54, 1.807) is 36.3 Å². The molecule has 214 valence electrons. The number of methoxy groups -OCH3 is 1. The smallest absolute Gasteiger partial charge is 0.267 e. The summed E-state index contributed by atoms with van der Waals surface area (Å²) in [6, 6.07) is 8.25. The quantitative estimate of drug-likeness (QED) is 0.278. The fourth-order valence-corrected chi connectivity index (χ4v) is 4.21. The first-order chi connectivity index (χ1) is 19.0. The number of hydrogen-bond acceptors (Lipinski definition) is 5. The molecule has 2 aliphatic rings. The highest BCUT2D eigenvalue weighted by molar-refractivity contribution is 6.30. The average Bonchev–Trinajstić information content (AvgIpc) is 2.93. The van der Waals surface area contributed by atoms with Gasteiger partial charge in [0.2, 0.25) is 0 Å². The molecule has 0 radical (unpaired) electrons. The van der Waals surface area contributed by atoms with Crippen molar-refractivity contribution in [2.24, 2.45) is 0 Å². The van der Waals surface area contributed by atoms with E-state index in [-0.39, 0.29) is 17.5 Å². The Morgan fingerprint density at radius 1 is 1.05 bits per heavy atom. The summed E-state index contributed by atoms with van der Waals surface area (Å²) in [5.74, 6) is 0.518. The highest BCUT2D eigenvalue weighted by atomic mass is 35.5. The van der Waals surface area contributed by atoms with Gasteiger partial charge in [0.15, 0.2) is 0 Å². The Hall–Kier alpha value is -3.32. The number of rotatable bonds is 7. The van der Waals surface area contributed by atoms with Crippen molar-refractivity contribution in [3.63, 3.8) is 0 Å². The molecule has 0 spiro atoms. The van der Waals surface area contributed by atoms with Crippen molar-refractivity contribution in [2.75, 3.05) is 33.3 Å². The van der Waals surface area contributed by atoms with Crippen LogP contribution < -0.4 is 10.3 Å². The first kappa shape index (κ1) is 33.7. The molecule has 2 aromatic rings. The second kappa shape index (κ2) is 17.3. The van der Waals surface area contributed by atoms with E-state index in [0.29, 0.717) is 35.1 Å². The highest BCUT2D eigenvalue weighted by Crippen LogP contribution is 2.31. The summed E-state index contributed by atoms with van der Waals surface area (Å²) in [7, 11) is 1.56. The van der Waals surface area contributed by atoms with Crippen LogP contribution in [0.2, 0.25) is 5.02 Å². The van der Waals surface area contributed by atoms with Gasteiger partial charge in [-0.2, -0.15) is 5.10 Å². The summed E-state index contributed by atoms with van der Waals surface area (Å²) < 4.78 is 6.88. The van der Waals surface area contributed by atoms with Crippen LogP contribution in [-0.4, -0.2) is 58.8 Å². The minimum absolute atomic E-state index is 0.0604. The molecule has 0 bridgehead atoms. The Bertz CT molecular complexity index is 1190. The molecule has 7 nitrogen and oxygen atoms in total. The molecule has 0 unspecified atom stereocenters. The molecule has 39 heavy (non-hydrogen) atoms. The molecule has 2 fully saturated rings. The highest BCUT2D eigenvalue weighted by Gasteiger charge is 2.35. The van der Waals surface area contributed by atoms with E-state index in [1.807, 2.05) is 66.7 Å². The zero-order valence-electron chi connectivity index (χ0n) is 24.8. The van der Waals surface area contributed by atoms with Gasteiger partial charge < -0.3 is 14.5 Å². The van der Waals surface area contributed by atoms with Crippen LogP contribution in [0.4, 0.5) is 0 Å². The number of amides is 1. The van der Waals surface area contributed by atoms with Crippen molar-refractivity contribution < 1.29 is 9.53 Å². The molecular weight excluding hydrogens is 512 g/mol. The molecule has 0 saturated carbocycles. The number of halogens is 1. The molecule has 0 aliphatic carbocycles. The third kappa shape index (κ3) is 8.09. The number of allylic oxidation sites excluding steroid dienone is 2. The van der Waals surface area contributed by atoms with E-state index in [9.17, 15) is 9.59 Å². The maximum Gasteiger partial charge on any atom is 0.267 e. The van der Waals surface area contributed by atoms with E-state index in [0.717, 1.165) is 30.8 Å². The number of carbonyl (C=O) groups excluding carboxylic acids is 1. The average molecular weight is 557 g/mol. The Balaban J connectivity index is 0.00000119. The number of benzene rings is 1. The number of likely N-dealkylation sites (tertiary alicyclic amines) is 2. The Morgan fingerprint density at radius 2 is 1.69 bits per heavy atom.